The summed E-state index contributed by atoms with van der Waals surface area (Å²) in [5.41, 5.74) is 2.31. The molecule has 0 aromatic rings. The van der Waals surface area contributed by atoms with Crippen LogP contribution in [0.4, 0.5) is 0 Å². The Morgan fingerprint density at radius 3 is 2.45 bits per heavy atom. The van der Waals surface area contributed by atoms with Gasteiger partial charge < -0.3 is 5.11 Å². The molecule has 2 N–H and O–H groups in total. The Labute approximate surface area is 66.5 Å². The van der Waals surface area contributed by atoms with Gasteiger partial charge in [-0.2, -0.15) is 0 Å². The molecule has 0 aromatic carbocycles. The Bertz CT molecular complexity index is 128. The van der Waals surface area contributed by atoms with Crippen molar-refractivity contribution < 1.29 is 14.7 Å². The summed E-state index contributed by atoms with van der Waals surface area (Å²) in [5, 5.41) is 8.25. The third-order valence-electron chi connectivity index (χ3n) is 0.819. The van der Waals surface area contributed by atoms with Gasteiger partial charge in [0, 0.05) is 6.54 Å². The number of hydroxylamine groups is 1. The molecule has 0 fully saturated rings. The van der Waals surface area contributed by atoms with E-state index in [-0.39, 0.29) is 12.0 Å². The van der Waals surface area contributed by atoms with Gasteiger partial charge in [0.15, 0.2) is 0 Å². The number of carboxylic acids is 1. The van der Waals surface area contributed by atoms with E-state index in [0.717, 1.165) is 0 Å². The first-order valence-corrected chi connectivity index (χ1v) is 3.54. The number of carboxylic acid groups (broad SMARTS) is 1. The number of carbonyl (C=O) groups is 1. The molecule has 66 valence electrons. The lowest BCUT2D eigenvalue weighted by Crippen LogP contribution is -2.30. The zero-order valence-electron chi connectivity index (χ0n) is 7.18. The molecule has 0 atom stereocenters. The molecule has 4 nitrogen and oxygen atoms in total. The van der Waals surface area contributed by atoms with Gasteiger partial charge in [0.1, 0.15) is 0 Å². The fourth-order valence-electron chi connectivity index (χ4n) is 0.426. The fourth-order valence-corrected chi connectivity index (χ4v) is 0.426. The Kier molecular flexibility index (Phi) is 4.07. The summed E-state index contributed by atoms with van der Waals surface area (Å²) >= 11 is 0. The molecule has 0 aliphatic heterocycles. The van der Waals surface area contributed by atoms with E-state index in [1.54, 1.807) is 0 Å². The molecule has 0 amide bonds. The lowest BCUT2D eigenvalue weighted by Gasteiger charge is -2.18. The molecule has 0 saturated carbocycles. The molecular weight excluding hydrogens is 146 g/mol. The number of aliphatic carboxylic acids is 1. The van der Waals surface area contributed by atoms with Crippen molar-refractivity contribution in [1.29, 1.82) is 0 Å². The molecule has 0 rings (SSSR count). The van der Waals surface area contributed by atoms with Crippen LogP contribution >= 0.6 is 0 Å². The quantitative estimate of drug-likeness (QED) is 0.472. The van der Waals surface area contributed by atoms with E-state index < -0.39 is 5.97 Å². The van der Waals surface area contributed by atoms with Crippen LogP contribution in [-0.2, 0) is 9.63 Å². The van der Waals surface area contributed by atoms with E-state index in [0.29, 0.717) is 6.54 Å². The monoisotopic (exact) mass is 161 g/mol. The van der Waals surface area contributed by atoms with E-state index in [9.17, 15) is 4.79 Å². The van der Waals surface area contributed by atoms with E-state index in [2.05, 4.69) is 5.48 Å². The predicted molar refractivity (Wildman–Crippen MR) is 41.1 cm³/mol. The Balaban J connectivity index is 3.22. The van der Waals surface area contributed by atoms with Gasteiger partial charge >= 0.3 is 5.97 Å². The normalized spacial score (nSPS) is 11.5. The highest BCUT2D eigenvalue weighted by Gasteiger charge is 2.09. The topological polar surface area (TPSA) is 58.6 Å². The predicted octanol–water partition coefficient (Wildman–Crippen LogP) is 0.781. The lowest BCUT2D eigenvalue weighted by molar-refractivity contribution is -0.138. The van der Waals surface area contributed by atoms with Crippen molar-refractivity contribution in [3.8, 4) is 0 Å². The maximum atomic E-state index is 10.0. The van der Waals surface area contributed by atoms with Crippen molar-refractivity contribution in [2.24, 2.45) is 0 Å². The maximum absolute atomic E-state index is 10.0. The summed E-state index contributed by atoms with van der Waals surface area (Å²) in [4.78, 5) is 15.1. The summed E-state index contributed by atoms with van der Waals surface area (Å²) < 4.78 is 0. The third kappa shape index (κ3) is 9.39. The molecule has 0 aliphatic rings. The largest absolute Gasteiger partial charge is 0.481 e. The Hall–Kier alpha value is -0.610. The Morgan fingerprint density at radius 1 is 1.55 bits per heavy atom. The zero-order valence-corrected chi connectivity index (χ0v) is 7.18. The third-order valence-corrected chi connectivity index (χ3v) is 0.819. The number of hydrogen-bond donors (Lipinski definition) is 2. The SMILES string of the molecule is CC(C)(C)ONCCC(=O)O. The summed E-state index contributed by atoms with van der Waals surface area (Å²) in [5.74, 6) is -0.824. The van der Waals surface area contributed by atoms with Crippen molar-refractivity contribution in [3.63, 3.8) is 0 Å². The highest BCUT2D eigenvalue weighted by Crippen LogP contribution is 2.02. The van der Waals surface area contributed by atoms with Crippen LogP contribution in [0.2, 0.25) is 0 Å². The molecule has 0 bridgehead atoms. The van der Waals surface area contributed by atoms with Crippen LogP contribution in [0.25, 0.3) is 0 Å². The molecule has 0 saturated heterocycles. The molecule has 0 aliphatic carbocycles. The maximum Gasteiger partial charge on any atom is 0.304 e. The van der Waals surface area contributed by atoms with Crippen LogP contribution in [-0.4, -0.2) is 23.2 Å². The first-order valence-electron chi connectivity index (χ1n) is 3.54. The summed E-state index contributed by atoms with van der Waals surface area (Å²) in [6.07, 6.45) is 0.0794. The second kappa shape index (κ2) is 4.31. The van der Waals surface area contributed by atoms with Crippen molar-refractivity contribution in [2.75, 3.05) is 6.54 Å². The second-order valence-corrected chi connectivity index (χ2v) is 3.25. The highest BCUT2D eigenvalue weighted by atomic mass is 16.7. The number of hydrogen-bond acceptors (Lipinski definition) is 3. The van der Waals surface area contributed by atoms with Gasteiger partial charge in [0.05, 0.1) is 12.0 Å². The van der Waals surface area contributed by atoms with Gasteiger partial charge in [-0.25, -0.2) is 5.48 Å². The van der Waals surface area contributed by atoms with E-state index >= 15 is 0 Å². The van der Waals surface area contributed by atoms with Crippen LogP contribution < -0.4 is 5.48 Å². The first-order chi connectivity index (χ1) is 4.92. The van der Waals surface area contributed by atoms with Crippen LogP contribution in [0, 0.1) is 0 Å². The van der Waals surface area contributed by atoms with Gasteiger partial charge in [-0.3, -0.25) is 9.63 Å². The van der Waals surface area contributed by atoms with Crippen molar-refractivity contribution in [1.82, 2.24) is 5.48 Å². The van der Waals surface area contributed by atoms with Gasteiger partial charge in [0.25, 0.3) is 0 Å². The van der Waals surface area contributed by atoms with Gasteiger partial charge in [-0.05, 0) is 20.8 Å². The van der Waals surface area contributed by atoms with E-state index in [1.807, 2.05) is 20.8 Å². The molecule has 0 spiro atoms. The van der Waals surface area contributed by atoms with Crippen LogP contribution in [0.5, 0.6) is 0 Å². The minimum Gasteiger partial charge on any atom is -0.481 e. The minimum absolute atomic E-state index is 0.0794. The average Bonchev–Trinajstić information content (AvgIpc) is 1.78. The van der Waals surface area contributed by atoms with Crippen LogP contribution in [0.1, 0.15) is 27.2 Å². The number of nitrogens with one attached hydrogen (secondary N) is 1. The lowest BCUT2D eigenvalue weighted by atomic mass is 10.2. The van der Waals surface area contributed by atoms with Crippen molar-refractivity contribution in [3.05, 3.63) is 0 Å². The molecule has 11 heavy (non-hydrogen) atoms. The summed E-state index contributed by atoms with van der Waals surface area (Å²) in [6, 6.07) is 0. The fraction of sp³-hybridized carbons (Fsp3) is 0.857. The van der Waals surface area contributed by atoms with E-state index in [1.165, 1.54) is 0 Å². The molecule has 0 unspecified atom stereocenters. The van der Waals surface area contributed by atoms with Crippen LogP contribution in [0.3, 0.4) is 0 Å². The van der Waals surface area contributed by atoms with Gasteiger partial charge in [-0.15, -0.1) is 0 Å². The molecule has 0 aromatic heterocycles. The van der Waals surface area contributed by atoms with Crippen molar-refractivity contribution >= 4 is 5.97 Å². The van der Waals surface area contributed by atoms with Gasteiger partial charge in [-0.1, -0.05) is 0 Å². The molecule has 0 radical (unpaired) electrons. The minimum atomic E-state index is -0.824. The average molecular weight is 161 g/mol. The highest BCUT2D eigenvalue weighted by molar-refractivity contribution is 5.66. The molecular formula is C7H15NO3. The zero-order chi connectivity index (χ0) is 8.91. The van der Waals surface area contributed by atoms with E-state index in [4.69, 9.17) is 9.94 Å². The van der Waals surface area contributed by atoms with Crippen molar-refractivity contribution in [2.45, 2.75) is 32.8 Å². The Morgan fingerprint density at radius 2 is 2.09 bits per heavy atom. The van der Waals surface area contributed by atoms with Crippen LogP contribution in [0.15, 0.2) is 0 Å². The smallest absolute Gasteiger partial charge is 0.304 e. The first kappa shape index (κ1) is 10.4. The van der Waals surface area contributed by atoms with Gasteiger partial charge in [0.2, 0.25) is 0 Å². The standard InChI is InChI=1S/C7H15NO3/c1-7(2,3)11-8-5-4-6(9)10/h8H,4-5H2,1-3H3,(H,9,10). The molecule has 0 heterocycles. The number of rotatable bonds is 4. The molecule has 4 heteroatoms. The summed E-state index contributed by atoms with van der Waals surface area (Å²) in [6.45, 7) is 6.01. The summed E-state index contributed by atoms with van der Waals surface area (Å²) in [7, 11) is 0. The second-order valence-electron chi connectivity index (χ2n) is 3.25.